The van der Waals surface area contributed by atoms with Crippen LogP contribution < -0.4 is 5.32 Å². The molecular formula is C8H10N4S2. The summed E-state index contributed by atoms with van der Waals surface area (Å²) in [5, 5.41) is 14.5. The number of aliphatic imine (C=N–C) groups is 1. The molecule has 4 nitrogen and oxygen atoms in total. The highest BCUT2D eigenvalue weighted by molar-refractivity contribution is 8.13. The Morgan fingerprint density at radius 1 is 1.86 bits per heavy atom. The smallest absolute Gasteiger partial charge is 0.183 e. The molecule has 0 spiro atoms. The standard InChI is InChI=1S/C8H10N4S2/c1-6-12-7(4-14-6)3-10-8(13-2)11-5-9/h4H,3H2,1-2H3,(H,10,11). The highest BCUT2D eigenvalue weighted by Gasteiger charge is 1.98. The lowest BCUT2D eigenvalue weighted by atomic mass is 10.5. The molecule has 0 aromatic carbocycles. The van der Waals surface area contributed by atoms with Gasteiger partial charge in [-0.2, -0.15) is 5.26 Å². The molecule has 0 radical (unpaired) electrons. The molecule has 1 heterocycles. The fourth-order valence-corrected chi connectivity index (χ4v) is 1.78. The monoisotopic (exact) mass is 226 g/mol. The van der Waals surface area contributed by atoms with Crippen molar-refractivity contribution < 1.29 is 0 Å². The molecule has 0 saturated carbocycles. The molecule has 0 aliphatic heterocycles. The van der Waals surface area contributed by atoms with Crippen LogP contribution in [0, 0.1) is 18.4 Å². The van der Waals surface area contributed by atoms with E-state index in [1.54, 1.807) is 11.3 Å². The van der Waals surface area contributed by atoms with Crippen LogP contribution in [0.25, 0.3) is 0 Å². The van der Waals surface area contributed by atoms with Crippen molar-refractivity contribution >= 4 is 28.3 Å². The highest BCUT2D eigenvalue weighted by atomic mass is 32.2. The van der Waals surface area contributed by atoms with Crippen LogP contribution in [0.15, 0.2) is 10.4 Å². The van der Waals surface area contributed by atoms with E-state index in [1.165, 1.54) is 11.8 Å². The molecule has 1 aromatic heterocycles. The first kappa shape index (κ1) is 11.0. The van der Waals surface area contributed by atoms with E-state index in [2.05, 4.69) is 15.3 Å². The summed E-state index contributed by atoms with van der Waals surface area (Å²) in [6.45, 7) is 2.48. The van der Waals surface area contributed by atoms with Gasteiger partial charge in [0.25, 0.3) is 0 Å². The van der Waals surface area contributed by atoms with Crippen LogP contribution in [0.2, 0.25) is 0 Å². The van der Waals surface area contributed by atoms with Crippen LogP contribution in [0.3, 0.4) is 0 Å². The minimum atomic E-state index is 0.523. The predicted molar refractivity (Wildman–Crippen MR) is 60.3 cm³/mol. The Morgan fingerprint density at radius 3 is 3.14 bits per heavy atom. The van der Waals surface area contributed by atoms with Crippen molar-refractivity contribution in [2.75, 3.05) is 6.26 Å². The number of nitrogens with one attached hydrogen (secondary N) is 1. The number of thioether (sulfide) groups is 1. The van der Waals surface area contributed by atoms with Crippen molar-refractivity contribution in [3.63, 3.8) is 0 Å². The molecule has 0 bridgehead atoms. The first-order valence-electron chi connectivity index (χ1n) is 3.91. The Morgan fingerprint density at radius 2 is 2.64 bits per heavy atom. The van der Waals surface area contributed by atoms with E-state index in [-0.39, 0.29) is 0 Å². The minimum Gasteiger partial charge on any atom is -0.272 e. The third-order valence-corrected chi connectivity index (χ3v) is 2.85. The fourth-order valence-electron chi connectivity index (χ4n) is 0.837. The minimum absolute atomic E-state index is 0.523. The molecule has 74 valence electrons. The van der Waals surface area contributed by atoms with E-state index >= 15 is 0 Å². The van der Waals surface area contributed by atoms with Crippen LogP contribution in [0.4, 0.5) is 0 Å². The lowest BCUT2D eigenvalue weighted by Crippen LogP contribution is -2.13. The van der Waals surface area contributed by atoms with Crippen molar-refractivity contribution in [3.8, 4) is 6.19 Å². The molecular weight excluding hydrogens is 216 g/mol. The molecule has 1 N–H and O–H groups in total. The van der Waals surface area contributed by atoms with Gasteiger partial charge in [-0.3, -0.25) is 10.3 Å². The zero-order chi connectivity index (χ0) is 10.4. The fraction of sp³-hybridized carbons (Fsp3) is 0.375. The zero-order valence-corrected chi connectivity index (χ0v) is 9.58. The Bertz CT molecular complexity index is 364. The summed E-state index contributed by atoms with van der Waals surface area (Å²) in [7, 11) is 0. The van der Waals surface area contributed by atoms with Gasteiger partial charge in [-0.1, -0.05) is 11.8 Å². The Kier molecular flexibility index (Phi) is 4.43. The third-order valence-electron chi connectivity index (χ3n) is 1.41. The number of nitriles is 1. The molecule has 0 fully saturated rings. The van der Waals surface area contributed by atoms with Gasteiger partial charge in [-0.05, 0) is 13.2 Å². The van der Waals surface area contributed by atoms with Gasteiger partial charge < -0.3 is 0 Å². The van der Waals surface area contributed by atoms with Crippen LogP contribution >= 0.6 is 23.1 Å². The summed E-state index contributed by atoms with van der Waals surface area (Å²) in [6.07, 6.45) is 3.71. The largest absolute Gasteiger partial charge is 0.272 e. The second kappa shape index (κ2) is 5.62. The van der Waals surface area contributed by atoms with Crippen molar-refractivity contribution in [1.29, 1.82) is 5.26 Å². The first-order valence-corrected chi connectivity index (χ1v) is 6.01. The normalized spacial score (nSPS) is 11.1. The second-order valence-corrected chi connectivity index (χ2v) is 4.28. The van der Waals surface area contributed by atoms with Crippen molar-refractivity contribution in [2.45, 2.75) is 13.5 Å². The van der Waals surface area contributed by atoms with E-state index in [9.17, 15) is 0 Å². The van der Waals surface area contributed by atoms with Crippen molar-refractivity contribution in [3.05, 3.63) is 16.1 Å². The average molecular weight is 226 g/mol. The Balaban J connectivity index is 2.57. The number of aromatic nitrogens is 1. The summed E-state index contributed by atoms with van der Waals surface area (Å²) >= 11 is 3.02. The maximum absolute atomic E-state index is 8.40. The number of amidine groups is 1. The van der Waals surface area contributed by atoms with Gasteiger partial charge >= 0.3 is 0 Å². The second-order valence-electron chi connectivity index (χ2n) is 2.42. The third kappa shape index (κ3) is 3.36. The van der Waals surface area contributed by atoms with Gasteiger partial charge in [0.15, 0.2) is 11.4 Å². The van der Waals surface area contributed by atoms with E-state index in [4.69, 9.17) is 5.26 Å². The quantitative estimate of drug-likeness (QED) is 0.361. The topological polar surface area (TPSA) is 61.1 Å². The predicted octanol–water partition coefficient (Wildman–Crippen LogP) is 1.74. The van der Waals surface area contributed by atoms with Gasteiger partial charge in [0.05, 0.1) is 17.2 Å². The number of hydrogen-bond donors (Lipinski definition) is 1. The SMILES string of the molecule is CSC(=NCc1csc(C)n1)NC#N. The lowest BCUT2D eigenvalue weighted by molar-refractivity contribution is 0.992. The average Bonchev–Trinajstić information content (AvgIpc) is 2.59. The molecule has 0 aliphatic rings. The van der Waals surface area contributed by atoms with E-state index in [0.29, 0.717) is 11.7 Å². The molecule has 0 unspecified atom stereocenters. The highest BCUT2D eigenvalue weighted by Crippen LogP contribution is 2.09. The number of nitrogens with zero attached hydrogens (tertiary/aromatic N) is 3. The van der Waals surface area contributed by atoms with Gasteiger partial charge in [-0.15, -0.1) is 11.3 Å². The van der Waals surface area contributed by atoms with Gasteiger partial charge in [0.1, 0.15) is 0 Å². The molecule has 1 rings (SSSR count). The number of hydrogen-bond acceptors (Lipinski definition) is 5. The van der Waals surface area contributed by atoms with Crippen molar-refractivity contribution in [2.24, 2.45) is 4.99 Å². The molecule has 14 heavy (non-hydrogen) atoms. The molecule has 6 heteroatoms. The van der Waals surface area contributed by atoms with Crippen molar-refractivity contribution in [1.82, 2.24) is 10.3 Å². The van der Waals surface area contributed by atoms with Crippen LogP contribution in [0.1, 0.15) is 10.7 Å². The van der Waals surface area contributed by atoms with Crippen LogP contribution in [0.5, 0.6) is 0 Å². The molecule has 0 amide bonds. The molecule has 1 aromatic rings. The van der Waals surface area contributed by atoms with Gasteiger partial charge in [0, 0.05) is 5.38 Å². The summed E-state index contributed by atoms with van der Waals surface area (Å²) in [5.41, 5.74) is 0.943. The molecule has 0 atom stereocenters. The van der Waals surface area contributed by atoms with Crippen LogP contribution in [-0.4, -0.2) is 16.4 Å². The maximum atomic E-state index is 8.40. The Labute approximate surface area is 91.1 Å². The number of rotatable bonds is 2. The number of aryl methyl sites for hydroxylation is 1. The number of thiazole rings is 1. The molecule has 0 saturated heterocycles. The summed E-state index contributed by atoms with van der Waals surface area (Å²) in [4.78, 5) is 8.47. The lowest BCUT2D eigenvalue weighted by Gasteiger charge is -1.97. The van der Waals surface area contributed by atoms with Gasteiger partial charge in [-0.25, -0.2) is 4.98 Å². The summed E-state index contributed by atoms with van der Waals surface area (Å²) in [5.74, 6) is 0. The summed E-state index contributed by atoms with van der Waals surface area (Å²) < 4.78 is 0. The van der Waals surface area contributed by atoms with E-state index in [0.717, 1.165) is 10.7 Å². The van der Waals surface area contributed by atoms with E-state index < -0.39 is 0 Å². The summed E-state index contributed by atoms with van der Waals surface area (Å²) in [6, 6.07) is 0. The molecule has 0 aliphatic carbocycles. The maximum Gasteiger partial charge on any atom is 0.183 e. The zero-order valence-electron chi connectivity index (χ0n) is 7.94. The first-order chi connectivity index (χ1) is 6.76. The van der Waals surface area contributed by atoms with E-state index in [1.807, 2.05) is 24.8 Å². The van der Waals surface area contributed by atoms with Gasteiger partial charge in [0.2, 0.25) is 0 Å². The van der Waals surface area contributed by atoms with Crippen LogP contribution in [-0.2, 0) is 6.54 Å². The Hall–Kier alpha value is -1.06.